The molecule has 6 nitrogen and oxygen atoms in total. The molecule has 0 radical (unpaired) electrons. The van der Waals surface area contributed by atoms with Crippen molar-refractivity contribution in [1.29, 1.82) is 0 Å². The molecule has 0 saturated carbocycles. The van der Waals surface area contributed by atoms with E-state index in [4.69, 9.17) is 21.1 Å². The molecule has 2 heterocycles. The molecule has 1 saturated heterocycles. The van der Waals surface area contributed by atoms with Gasteiger partial charge >= 0.3 is 5.97 Å². The number of anilines is 1. The van der Waals surface area contributed by atoms with Crippen LogP contribution in [0.2, 0.25) is 5.15 Å². The molecule has 1 unspecified atom stereocenters. The molecule has 1 aromatic carbocycles. The molecule has 7 heteroatoms. The van der Waals surface area contributed by atoms with Crippen LogP contribution in [0.3, 0.4) is 0 Å². The quantitative estimate of drug-likeness (QED) is 0.721. The zero-order valence-electron chi connectivity index (χ0n) is 14.9. The molecular weight excluding hydrogens is 354 g/mol. The lowest BCUT2D eigenvalue weighted by molar-refractivity contribution is -0.148. The molecule has 1 atom stereocenters. The van der Waals surface area contributed by atoms with Gasteiger partial charge in [-0.3, -0.25) is 9.78 Å². The SMILES string of the molecule is Cc1cc(C)cc(OCCC(=O)OC2CCN(c3cncc(Cl)n3)C2)c1. The van der Waals surface area contributed by atoms with Gasteiger partial charge in [-0.1, -0.05) is 17.7 Å². The van der Waals surface area contributed by atoms with Crippen LogP contribution < -0.4 is 9.64 Å². The van der Waals surface area contributed by atoms with Gasteiger partial charge in [-0.25, -0.2) is 4.98 Å². The van der Waals surface area contributed by atoms with Crippen LogP contribution >= 0.6 is 11.6 Å². The van der Waals surface area contributed by atoms with Gasteiger partial charge in [0.25, 0.3) is 0 Å². The van der Waals surface area contributed by atoms with E-state index in [1.807, 2.05) is 30.9 Å². The number of aromatic nitrogens is 2. The first kappa shape index (κ1) is 18.5. The molecule has 0 spiro atoms. The lowest BCUT2D eigenvalue weighted by Crippen LogP contribution is -2.26. The van der Waals surface area contributed by atoms with Crippen molar-refractivity contribution in [3.63, 3.8) is 0 Å². The zero-order valence-corrected chi connectivity index (χ0v) is 15.7. The number of nitrogens with zero attached hydrogens (tertiary/aromatic N) is 3. The van der Waals surface area contributed by atoms with Gasteiger partial charge in [-0.05, 0) is 37.1 Å². The van der Waals surface area contributed by atoms with E-state index in [-0.39, 0.29) is 18.5 Å². The molecule has 1 aliphatic rings. The number of hydrogen-bond donors (Lipinski definition) is 0. The van der Waals surface area contributed by atoms with Crippen LogP contribution in [-0.2, 0) is 9.53 Å². The van der Waals surface area contributed by atoms with Crippen molar-refractivity contribution in [3.05, 3.63) is 46.9 Å². The summed E-state index contributed by atoms with van der Waals surface area (Å²) in [5.41, 5.74) is 2.27. The Morgan fingerprint density at radius 3 is 2.77 bits per heavy atom. The Balaban J connectivity index is 1.42. The Hall–Kier alpha value is -2.34. The van der Waals surface area contributed by atoms with Gasteiger partial charge in [0.1, 0.15) is 22.8 Å². The number of aryl methyl sites for hydroxylation is 2. The average Bonchev–Trinajstić information content (AvgIpc) is 3.02. The van der Waals surface area contributed by atoms with Crippen molar-refractivity contribution in [1.82, 2.24) is 9.97 Å². The first-order chi connectivity index (χ1) is 12.5. The summed E-state index contributed by atoms with van der Waals surface area (Å²) in [6.45, 7) is 5.69. The fourth-order valence-electron chi connectivity index (χ4n) is 3.03. The third kappa shape index (κ3) is 5.08. The van der Waals surface area contributed by atoms with Crippen molar-refractivity contribution < 1.29 is 14.3 Å². The lowest BCUT2D eigenvalue weighted by Gasteiger charge is -2.17. The highest BCUT2D eigenvalue weighted by molar-refractivity contribution is 6.29. The summed E-state index contributed by atoms with van der Waals surface area (Å²) in [4.78, 5) is 22.3. The molecule has 26 heavy (non-hydrogen) atoms. The number of carbonyl (C=O) groups is 1. The highest BCUT2D eigenvalue weighted by Gasteiger charge is 2.26. The lowest BCUT2D eigenvalue weighted by atomic mass is 10.1. The maximum Gasteiger partial charge on any atom is 0.309 e. The molecular formula is C19H22ClN3O3. The number of benzene rings is 1. The number of ether oxygens (including phenoxy) is 2. The molecule has 0 amide bonds. The maximum absolute atomic E-state index is 12.1. The normalized spacial score (nSPS) is 16.6. The maximum atomic E-state index is 12.1. The standard InChI is InChI=1S/C19H22ClN3O3/c1-13-7-14(2)9-16(8-13)25-6-4-19(24)26-15-3-5-23(12-15)18-11-21-10-17(20)22-18/h7-11,15H,3-6,12H2,1-2H3. The predicted octanol–water partition coefficient (Wildman–Crippen LogP) is 3.34. The topological polar surface area (TPSA) is 64.6 Å². The number of halogens is 1. The number of esters is 1. The first-order valence-electron chi connectivity index (χ1n) is 8.62. The van der Waals surface area contributed by atoms with Gasteiger partial charge in [-0.2, -0.15) is 0 Å². The Bertz CT molecular complexity index is 764. The van der Waals surface area contributed by atoms with E-state index in [1.54, 1.807) is 6.20 Å². The summed E-state index contributed by atoms with van der Waals surface area (Å²) in [5, 5.41) is 0.353. The molecule has 1 aromatic heterocycles. The van der Waals surface area contributed by atoms with Crippen molar-refractivity contribution >= 4 is 23.4 Å². The number of rotatable bonds is 6. The molecule has 2 aromatic rings. The summed E-state index contributed by atoms with van der Waals surface area (Å²) in [6.07, 6.45) is 3.99. The summed E-state index contributed by atoms with van der Waals surface area (Å²) < 4.78 is 11.2. The van der Waals surface area contributed by atoms with Crippen LogP contribution in [0, 0.1) is 13.8 Å². The Morgan fingerprint density at radius 1 is 1.27 bits per heavy atom. The fraction of sp³-hybridized carbons (Fsp3) is 0.421. The van der Waals surface area contributed by atoms with Crippen LogP contribution in [-0.4, -0.2) is 41.7 Å². The Morgan fingerprint density at radius 2 is 2.04 bits per heavy atom. The van der Waals surface area contributed by atoms with Crippen LogP contribution in [0.25, 0.3) is 0 Å². The van der Waals surface area contributed by atoms with E-state index in [0.717, 1.165) is 29.8 Å². The Labute approximate surface area is 158 Å². The summed E-state index contributed by atoms with van der Waals surface area (Å²) in [6, 6.07) is 6.00. The van der Waals surface area contributed by atoms with E-state index in [1.165, 1.54) is 6.20 Å². The van der Waals surface area contributed by atoms with Crippen LogP contribution in [0.5, 0.6) is 5.75 Å². The van der Waals surface area contributed by atoms with Gasteiger partial charge in [0, 0.05) is 13.0 Å². The molecule has 0 aliphatic carbocycles. The minimum atomic E-state index is -0.251. The Kier molecular flexibility index (Phi) is 5.93. The minimum Gasteiger partial charge on any atom is -0.493 e. The van der Waals surface area contributed by atoms with Gasteiger partial charge in [0.2, 0.25) is 0 Å². The summed E-state index contributed by atoms with van der Waals surface area (Å²) >= 11 is 5.87. The van der Waals surface area contributed by atoms with Crippen LogP contribution in [0.15, 0.2) is 30.6 Å². The smallest absolute Gasteiger partial charge is 0.309 e. The molecule has 3 rings (SSSR count). The van der Waals surface area contributed by atoms with Crippen LogP contribution in [0.4, 0.5) is 5.82 Å². The summed E-state index contributed by atoms with van der Waals surface area (Å²) in [7, 11) is 0. The summed E-state index contributed by atoms with van der Waals surface area (Å²) in [5.74, 6) is 1.23. The number of carbonyl (C=O) groups excluding carboxylic acids is 1. The highest BCUT2D eigenvalue weighted by atomic mass is 35.5. The van der Waals surface area contributed by atoms with Crippen LogP contribution in [0.1, 0.15) is 24.0 Å². The van der Waals surface area contributed by atoms with Gasteiger partial charge < -0.3 is 14.4 Å². The van der Waals surface area contributed by atoms with E-state index in [0.29, 0.717) is 24.1 Å². The largest absolute Gasteiger partial charge is 0.493 e. The third-order valence-corrected chi connectivity index (χ3v) is 4.31. The zero-order chi connectivity index (χ0) is 18.5. The van der Waals surface area contributed by atoms with Crippen molar-refractivity contribution in [2.45, 2.75) is 32.8 Å². The average molecular weight is 376 g/mol. The second kappa shape index (κ2) is 8.36. The minimum absolute atomic E-state index is 0.149. The van der Waals surface area contributed by atoms with Gasteiger partial charge in [0.15, 0.2) is 0 Å². The van der Waals surface area contributed by atoms with E-state index >= 15 is 0 Å². The second-order valence-electron chi connectivity index (χ2n) is 6.47. The predicted molar refractivity (Wildman–Crippen MR) is 99.8 cm³/mol. The number of hydrogen-bond acceptors (Lipinski definition) is 6. The van der Waals surface area contributed by atoms with E-state index in [9.17, 15) is 4.79 Å². The molecule has 0 N–H and O–H groups in total. The molecule has 138 valence electrons. The van der Waals surface area contributed by atoms with Crippen molar-refractivity contribution in [3.8, 4) is 5.75 Å². The van der Waals surface area contributed by atoms with Gasteiger partial charge in [0.05, 0.1) is 32.0 Å². The molecule has 1 aliphatic heterocycles. The highest BCUT2D eigenvalue weighted by Crippen LogP contribution is 2.21. The fourth-order valence-corrected chi connectivity index (χ4v) is 3.17. The van der Waals surface area contributed by atoms with E-state index in [2.05, 4.69) is 16.0 Å². The first-order valence-corrected chi connectivity index (χ1v) is 9.00. The molecule has 1 fully saturated rings. The van der Waals surface area contributed by atoms with Crippen molar-refractivity contribution in [2.75, 3.05) is 24.6 Å². The third-order valence-electron chi connectivity index (χ3n) is 4.13. The second-order valence-corrected chi connectivity index (χ2v) is 6.86. The van der Waals surface area contributed by atoms with Gasteiger partial charge in [-0.15, -0.1) is 0 Å². The van der Waals surface area contributed by atoms with E-state index < -0.39 is 0 Å². The van der Waals surface area contributed by atoms with Crippen molar-refractivity contribution in [2.24, 2.45) is 0 Å². The monoisotopic (exact) mass is 375 g/mol. The molecule has 0 bridgehead atoms.